The van der Waals surface area contributed by atoms with Crippen LogP contribution in [0.15, 0.2) is 144 Å². The van der Waals surface area contributed by atoms with Crippen molar-refractivity contribution in [3.05, 3.63) is 145 Å². The Balaban J connectivity index is 1.25. The fourth-order valence-electron chi connectivity index (χ4n) is 10.1. The number of hydrogen-bond acceptors (Lipinski definition) is 1. The van der Waals surface area contributed by atoms with E-state index in [9.17, 15) is 0 Å². The Kier molecular flexibility index (Phi) is 4.81. The van der Waals surface area contributed by atoms with Crippen molar-refractivity contribution in [3.8, 4) is 22.6 Å². The van der Waals surface area contributed by atoms with E-state index in [0.29, 0.717) is 0 Å². The highest BCUT2D eigenvalue weighted by atomic mass is 16.3. The van der Waals surface area contributed by atoms with Crippen LogP contribution in [0.5, 0.6) is 0 Å². The van der Waals surface area contributed by atoms with Gasteiger partial charge >= 0.3 is 0 Å². The van der Waals surface area contributed by atoms with Gasteiger partial charge in [-0.25, -0.2) is 4.57 Å². The number of fused-ring (bicyclic) bond motifs is 17. The van der Waals surface area contributed by atoms with E-state index in [1.807, 2.05) is 0 Å². The SMILES string of the molecule is Cc1ccc2c(oc3cc4c(cc32)-n2c3ccccc3c3cc5c6c7ccccc7ccc6n6c5c(c32)B4c2ccccc2-6)c1-c1cccc[n+]1C. The monoisotopic (exact) mass is 662 g/mol. The maximum absolute atomic E-state index is 7.02. The van der Waals surface area contributed by atoms with E-state index in [4.69, 9.17) is 4.42 Å². The molecule has 7 aromatic carbocycles. The average molecular weight is 663 g/mol. The fraction of sp³-hybridized carbons (Fsp3) is 0.0426. The Morgan fingerprint density at radius 3 is 2.29 bits per heavy atom. The second kappa shape index (κ2) is 9.20. The molecule has 0 bridgehead atoms. The van der Waals surface area contributed by atoms with E-state index >= 15 is 0 Å². The number of aryl methyl sites for hydroxylation is 2. The smallest absolute Gasteiger partial charge is 0.252 e. The molecule has 0 radical (unpaired) electrons. The van der Waals surface area contributed by atoms with Crippen molar-refractivity contribution < 1.29 is 8.98 Å². The maximum Gasteiger partial charge on any atom is 0.252 e. The highest BCUT2D eigenvalue weighted by molar-refractivity contribution is 7.00. The Hall–Kier alpha value is -6.59. The first-order valence-electron chi connectivity index (χ1n) is 18.1. The molecule has 4 aromatic heterocycles. The molecule has 2 aliphatic heterocycles. The first kappa shape index (κ1) is 27.2. The van der Waals surface area contributed by atoms with Gasteiger partial charge in [0.15, 0.2) is 6.20 Å². The van der Waals surface area contributed by atoms with Gasteiger partial charge < -0.3 is 13.6 Å². The number of aromatic nitrogens is 3. The number of para-hydroxylation sites is 2. The van der Waals surface area contributed by atoms with Gasteiger partial charge in [0.05, 0.1) is 27.6 Å². The molecule has 0 spiro atoms. The summed E-state index contributed by atoms with van der Waals surface area (Å²) in [7, 11) is 2.11. The van der Waals surface area contributed by atoms with Crippen LogP contribution in [0.1, 0.15) is 5.56 Å². The molecule has 240 valence electrons. The first-order valence-corrected chi connectivity index (χ1v) is 18.1. The van der Waals surface area contributed by atoms with Crippen molar-refractivity contribution in [2.45, 2.75) is 6.92 Å². The Labute approximate surface area is 298 Å². The summed E-state index contributed by atoms with van der Waals surface area (Å²) in [4.78, 5) is 0. The van der Waals surface area contributed by atoms with Crippen LogP contribution in [-0.2, 0) is 7.05 Å². The van der Waals surface area contributed by atoms with Crippen molar-refractivity contribution in [2.24, 2.45) is 7.05 Å². The molecule has 0 saturated carbocycles. The predicted molar refractivity (Wildman–Crippen MR) is 216 cm³/mol. The summed E-state index contributed by atoms with van der Waals surface area (Å²) in [5, 5.41) is 10.1. The molecule has 0 saturated heterocycles. The summed E-state index contributed by atoms with van der Waals surface area (Å²) in [5.74, 6) is 0. The quantitative estimate of drug-likeness (QED) is 0.128. The van der Waals surface area contributed by atoms with Crippen molar-refractivity contribution in [3.63, 3.8) is 0 Å². The van der Waals surface area contributed by atoms with Gasteiger partial charge in [0.2, 0.25) is 5.69 Å². The molecule has 0 aliphatic carbocycles. The molecule has 0 amide bonds. The Bertz CT molecular complexity index is 3450. The third-order valence-corrected chi connectivity index (χ3v) is 12.2. The minimum atomic E-state index is 0.0445. The summed E-state index contributed by atoms with van der Waals surface area (Å²) in [6.45, 7) is 2.23. The summed E-state index contributed by atoms with van der Waals surface area (Å²) in [6.07, 6.45) is 2.11. The molecular weight excluding hydrogens is 633 g/mol. The maximum atomic E-state index is 7.02. The molecule has 0 unspecified atom stereocenters. The zero-order valence-corrected chi connectivity index (χ0v) is 28.6. The molecule has 0 fully saturated rings. The molecule has 52 heavy (non-hydrogen) atoms. The highest BCUT2D eigenvalue weighted by Crippen LogP contribution is 2.45. The van der Waals surface area contributed by atoms with Crippen LogP contribution in [0.25, 0.3) is 99.0 Å². The normalized spacial score (nSPS) is 13.2. The number of furan rings is 1. The number of benzene rings is 7. The lowest BCUT2D eigenvalue weighted by Crippen LogP contribution is -2.59. The van der Waals surface area contributed by atoms with Crippen molar-refractivity contribution in [1.29, 1.82) is 0 Å². The highest BCUT2D eigenvalue weighted by Gasteiger charge is 2.41. The van der Waals surface area contributed by atoms with Gasteiger partial charge in [-0.15, -0.1) is 0 Å². The standard InChI is InChI=1S/C47H29BN3O/c1-26-18-20-30-31-24-40-35(25-41(31)52-47(30)42(26)38-17-9-10-22-49(38)2)48-34-14-6-8-16-37(34)51-39-21-19-27-11-3-4-12-28(27)43(39)33-23-32-29-13-5-7-15-36(29)50(40)45(32)44(48)46(33)51/h3-25H,1-2H3/q+1. The zero-order valence-electron chi connectivity index (χ0n) is 28.6. The zero-order chi connectivity index (χ0) is 34.0. The van der Waals surface area contributed by atoms with Gasteiger partial charge in [-0.05, 0) is 82.1 Å². The van der Waals surface area contributed by atoms with E-state index in [-0.39, 0.29) is 6.71 Å². The molecule has 6 heterocycles. The van der Waals surface area contributed by atoms with E-state index in [0.717, 1.165) is 33.2 Å². The summed E-state index contributed by atoms with van der Waals surface area (Å²) < 4.78 is 14.3. The number of nitrogens with zero attached hydrogens (tertiary/aromatic N) is 3. The second-order valence-electron chi connectivity index (χ2n) is 14.8. The third kappa shape index (κ3) is 3.07. The van der Waals surface area contributed by atoms with E-state index in [1.54, 1.807) is 0 Å². The van der Waals surface area contributed by atoms with Gasteiger partial charge in [-0.3, -0.25) is 0 Å². The fourth-order valence-corrected chi connectivity index (χ4v) is 10.1. The number of rotatable bonds is 1. The largest absolute Gasteiger partial charge is 0.455 e. The van der Waals surface area contributed by atoms with E-state index < -0.39 is 0 Å². The lowest BCUT2D eigenvalue weighted by Gasteiger charge is -2.32. The summed E-state index contributed by atoms with van der Waals surface area (Å²) >= 11 is 0. The summed E-state index contributed by atoms with van der Waals surface area (Å²) in [5.41, 5.74) is 17.0. The molecule has 5 heteroatoms. The molecular formula is C47H29BN3O+. The van der Waals surface area contributed by atoms with Crippen LogP contribution in [0.3, 0.4) is 0 Å². The minimum Gasteiger partial charge on any atom is -0.455 e. The Morgan fingerprint density at radius 1 is 0.577 bits per heavy atom. The van der Waals surface area contributed by atoms with Gasteiger partial charge in [-0.1, -0.05) is 78.9 Å². The lowest BCUT2D eigenvalue weighted by molar-refractivity contribution is -0.660. The van der Waals surface area contributed by atoms with Crippen LogP contribution in [0, 0.1) is 6.92 Å². The number of hydrogen-bond donors (Lipinski definition) is 0. The molecule has 4 nitrogen and oxygen atoms in total. The Morgan fingerprint density at radius 2 is 1.37 bits per heavy atom. The molecule has 0 atom stereocenters. The van der Waals surface area contributed by atoms with Crippen molar-refractivity contribution in [1.82, 2.24) is 9.13 Å². The minimum absolute atomic E-state index is 0.0445. The van der Waals surface area contributed by atoms with Crippen molar-refractivity contribution >= 4 is 99.4 Å². The molecule has 2 aliphatic rings. The average Bonchev–Trinajstić information content (AvgIpc) is 3.83. The van der Waals surface area contributed by atoms with E-state index in [2.05, 4.69) is 167 Å². The third-order valence-electron chi connectivity index (χ3n) is 12.2. The van der Waals surface area contributed by atoms with Gasteiger partial charge in [0, 0.05) is 55.8 Å². The van der Waals surface area contributed by atoms with E-state index in [1.165, 1.54) is 87.7 Å². The van der Waals surface area contributed by atoms with Crippen LogP contribution in [0.2, 0.25) is 0 Å². The van der Waals surface area contributed by atoms with Crippen LogP contribution < -0.4 is 21.0 Å². The first-order chi connectivity index (χ1) is 25.7. The molecule has 11 aromatic rings. The van der Waals surface area contributed by atoms with Gasteiger partial charge in [0.25, 0.3) is 6.71 Å². The van der Waals surface area contributed by atoms with Gasteiger partial charge in [0.1, 0.15) is 18.2 Å². The predicted octanol–water partition coefficient (Wildman–Crippen LogP) is 8.88. The topological polar surface area (TPSA) is 26.9 Å². The van der Waals surface area contributed by atoms with Crippen LogP contribution in [0.4, 0.5) is 0 Å². The van der Waals surface area contributed by atoms with Crippen molar-refractivity contribution in [2.75, 3.05) is 0 Å². The molecule has 0 N–H and O–H groups in total. The number of pyridine rings is 1. The van der Waals surface area contributed by atoms with Crippen LogP contribution in [-0.4, -0.2) is 15.8 Å². The van der Waals surface area contributed by atoms with Crippen LogP contribution >= 0.6 is 0 Å². The summed E-state index contributed by atoms with van der Waals surface area (Å²) in [6, 6.07) is 49.6. The molecule has 13 rings (SSSR count). The lowest BCUT2D eigenvalue weighted by atomic mass is 9.34. The second-order valence-corrected chi connectivity index (χ2v) is 14.8. The van der Waals surface area contributed by atoms with Gasteiger partial charge in [-0.2, -0.15) is 0 Å².